The van der Waals surface area contributed by atoms with Gasteiger partial charge in [0.1, 0.15) is 6.54 Å². The van der Waals surface area contributed by atoms with Crippen LogP contribution in [-0.4, -0.2) is 27.7 Å². The molecule has 2 heterocycles. The molecule has 0 aliphatic carbocycles. The highest BCUT2D eigenvalue weighted by atomic mass is 16.3. The minimum Gasteiger partial charge on any atom is -0.398 e. The van der Waals surface area contributed by atoms with Crippen molar-refractivity contribution >= 4 is 23.2 Å². The molecule has 0 aromatic heterocycles. The lowest BCUT2D eigenvalue weighted by molar-refractivity contribution is -0.640. The molecule has 2 aliphatic heterocycles. The molecule has 1 unspecified atom stereocenters. The zero-order valence-electron chi connectivity index (χ0n) is 10.1. The third-order valence-electron chi connectivity index (χ3n) is 3.52. The summed E-state index contributed by atoms with van der Waals surface area (Å²) < 4.78 is 0. The molecule has 1 atom stereocenters. The molecule has 3 rings (SSSR count). The summed E-state index contributed by atoms with van der Waals surface area (Å²) in [6.07, 6.45) is 0.587. The van der Waals surface area contributed by atoms with Crippen molar-refractivity contribution in [2.45, 2.75) is 25.4 Å². The van der Waals surface area contributed by atoms with Gasteiger partial charge in [-0.05, 0) is 12.5 Å². The third kappa shape index (κ3) is 1.74. The van der Waals surface area contributed by atoms with E-state index >= 15 is 0 Å². The maximum absolute atomic E-state index is 12.2. The van der Waals surface area contributed by atoms with Crippen LogP contribution in [0.1, 0.15) is 18.4 Å². The lowest BCUT2D eigenvalue weighted by Crippen LogP contribution is -2.52. The summed E-state index contributed by atoms with van der Waals surface area (Å²) >= 11 is 0. The van der Waals surface area contributed by atoms with E-state index in [4.69, 9.17) is 5.73 Å². The van der Waals surface area contributed by atoms with Crippen LogP contribution in [0.4, 0.5) is 11.4 Å². The Balaban J connectivity index is 1.90. The van der Waals surface area contributed by atoms with Crippen LogP contribution in [0.15, 0.2) is 18.2 Å². The molecule has 0 bridgehead atoms. The van der Waals surface area contributed by atoms with Crippen LogP contribution in [-0.2, 0) is 16.1 Å². The number of amides is 2. The average molecular weight is 261 g/mol. The van der Waals surface area contributed by atoms with E-state index in [1.54, 1.807) is 18.2 Å². The molecule has 1 fully saturated rings. The largest absolute Gasteiger partial charge is 0.398 e. The van der Waals surface area contributed by atoms with Gasteiger partial charge in [0.05, 0.1) is 10.5 Å². The monoisotopic (exact) mass is 261 g/mol. The molecule has 2 amide bonds. The van der Waals surface area contributed by atoms with Crippen LogP contribution < -0.4 is 11.1 Å². The number of nitrogens with zero attached hydrogens (tertiary/aromatic N) is 2. The number of nitrogens with two attached hydrogens (primary N) is 1. The lowest BCUT2D eigenvalue weighted by Gasteiger charge is -2.23. The predicted octanol–water partition coefficient (Wildman–Crippen LogP) is 0.215. The first-order valence-corrected chi connectivity index (χ1v) is 6.03. The first kappa shape index (κ1) is 11.6. The first-order chi connectivity index (χ1) is 9.08. The normalized spacial score (nSPS) is 22.4. The molecule has 1 aromatic rings. The van der Waals surface area contributed by atoms with Crippen LogP contribution in [0.3, 0.4) is 0 Å². The van der Waals surface area contributed by atoms with Gasteiger partial charge in [-0.3, -0.25) is 14.9 Å². The lowest BCUT2D eigenvalue weighted by atomic mass is 10.1. The zero-order valence-corrected chi connectivity index (χ0v) is 10.1. The number of fused-ring (bicyclic) bond motifs is 1. The Morgan fingerprint density at radius 1 is 1.37 bits per heavy atom. The molecule has 1 aromatic carbocycles. The van der Waals surface area contributed by atoms with Crippen LogP contribution in [0.2, 0.25) is 0 Å². The number of hydrogen-bond acceptors (Lipinski definition) is 4. The number of anilines is 1. The van der Waals surface area contributed by atoms with Crippen molar-refractivity contribution < 1.29 is 14.5 Å². The fraction of sp³-hybridized carbons (Fsp3) is 0.333. The van der Waals surface area contributed by atoms with Gasteiger partial charge >= 0.3 is 0 Å². The number of nitrogens with one attached hydrogen (secondary N) is 1. The van der Waals surface area contributed by atoms with Gasteiger partial charge in [-0.15, -0.1) is 5.01 Å². The predicted molar refractivity (Wildman–Crippen MR) is 65.9 cm³/mol. The fourth-order valence-corrected chi connectivity index (χ4v) is 2.51. The number of carbonyl (C=O) groups excluding carboxylic acids is 2. The van der Waals surface area contributed by atoms with Gasteiger partial charge < -0.3 is 5.73 Å². The summed E-state index contributed by atoms with van der Waals surface area (Å²) in [7, 11) is 0. The summed E-state index contributed by atoms with van der Waals surface area (Å²) in [6, 6.07) is 4.47. The summed E-state index contributed by atoms with van der Waals surface area (Å²) in [6.45, 7) is 0.289. The number of benzene rings is 1. The summed E-state index contributed by atoms with van der Waals surface area (Å²) in [4.78, 5) is 35.8. The number of carbonyl (C=O) groups is 2. The minimum absolute atomic E-state index is 0.243. The van der Waals surface area contributed by atoms with Crippen molar-refractivity contribution in [1.82, 2.24) is 10.3 Å². The number of hydrazine groups is 1. The SMILES string of the molecule is Nc1cccc2c1CN(C1CCC(=O)NC1=O)[N+]2=O. The number of imide groups is 1. The van der Waals surface area contributed by atoms with Crippen LogP contribution >= 0.6 is 0 Å². The smallest absolute Gasteiger partial charge is 0.299 e. The molecule has 7 heteroatoms. The number of piperidine rings is 1. The van der Waals surface area contributed by atoms with E-state index in [0.29, 0.717) is 22.7 Å². The molecule has 7 nitrogen and oxygen atoms in total. The van der Waals surface area contributed by atoms with E-state index < -0.39 is 11.9 Å². The quantitative estimate of drug-likeness (QED) is 0.428. The third-order valence-corrected chi connectivity index (χ3v) is 3.52. The first-order valence-electron chi connectivity index (χ1n) is 6.03. The van der Waals surface area contributed by atoms with E-state index in [1.165, 1.54) is 5.01 Å². The number of hydrogen-bond donors (Lipinski definition) is 2. The molecule has 0 radical (unpaired) electrons. The number of nitroso groups, excluding NO2 is 1. The molecular formula is C12H13N4O3+. The van der Waals surface area contributed by atoms with Gasteiger partial charge in [-0.25, -0.2) is 0 Å². The number of rotatable bonds is 1. The van der Waals surface area contributed by atoms with Gasteiger partial charge in [0.25, 0.3) is 11.6 Å². The minimum atomic E-state index is -0.623. The van der Waals surface area contributed by atoms with E-state index in [-0.39, 0.29) is 18.9 Å². The second-order valence-corrected chi connectivity index (χ2v) is 4.68. The van der Waals surface area contributed by atoms with Gasteiger partial charge in [0.15, 0.2) is 10.9 Å². The number of nitrogen functional groups attached to an aromatic ring is 1. The second-order valence-electron chi connectivity index (χ2n) is 4.68. The molecule has 0 saturated carbocycles. The molecule has 19 heavy (non-hydrogen) atoms. The molecule has 1 saturated heterocycles. The van der Waals surface area contributed by atoms with Crippen molar-refractivity contribution in [3.63, 3.8) is 0 Å². The Labute approximate surface area is 108 Å². The maximum atomic E-state index is 12.2. The van der Waals surface area contributed by atoms with E-state index in [9.17, 15) is 14.5 Å². The van der Waals surface area contributed by atoms with Crippen molar-refractivity contribution in [2.75, 3.05) is 5.73 Å². The Morgan fingerprint density at radius 3 is 2.84 bits per heavy atom. The van der Waals surface area contributed by atoms with Gasteiger partial charge in [-0.2, -0.15) is 0 Å². The van der Waals surface area contributed by atoms with Crippen molar-refractivity contribution in [3.05, 3.63) is 28.7 Å². The summed E-state index contributed by atoms with van der Waals surface area (Å²) in [5.74, 6) is -0.724. The van der Waals surface area contributed by atoms with E-state index in [1.807, 2.05) is 0 Å². The van der Waals surface area contributed by atoms with Crippen LogP contribution in [0.25, 0.3) is 0 Å². The van der Waals surface area contributed by atoms with Crippen LogP contribution in [0, 0.1) is 4.91 Å². The average Bonchev–Trinajstić information content (AvgIpc) is 2.69. The van der Waals surface area contributed by atoms with Crippen LogP contribution in [0.5, 0.6) is 0 Å². The molecule has 3 N–H and O–H groups in total. The highest BCUT2D eigenvalue weighted by Crippen LogP contribution is 2.35. The Bertz CT molecular complexity index is 599. The van der Waals surface area contributed by atoms with Gasteiger partial charge in [-0.1, -0.05) is 6.07 Å². The molecular weight excluding hydrogens is 248 g/mol. The zero-order chi connectivity index (χ0) is 13.6. The van der Waals surface area contributed by atoms with E-state index in [2.05, 4.69) is 5.32 Å². The molecule has 98 valence electrons. The standard InChI is InChI=1S/C12H12N4O3/c13-8-2-1-3-9-7(8)6-15(16(9)19)10-4-5-11(17)14-12(10)18/h1-3,10H,4-6,13H2/p+1. The highest BCUT2D eigenvalue weighted by molar-refractivity contribution is 6.00. The van der Waals surface area contributed by atoms with Crippen molar-refractivity contribution in [1.29, 1.82) is 0 Å². The summed E-state index contributed by atoms with van der Waals surface area (Å²) in [5.41, 5.74) is 7.56. The molecule has 0 spiro atoms. The Morgan fingerprint density at radius 2 is 2.16 bits per heavy atom. The highest BCUT2D eigenvalue weighted by Gasteiger charge is 2.46. The molecule has 2 aliphatic rings. The summed E-state index contributed by atoms with van der Waals surface area (Å²) in [5, 5.41) is 3.66. The Kier molecular flexibility index (Phi) is 2.48. The topological polar surface area (TPSA) is 95.5 Å². The van der Waals surface area contributed by atoms with Gasteiger partial charge in [0.2, 0.25) is 5.91 Å². The van der Waals surface area contributed by atoms with E-state index in [0.717, 1.165) is 5.56 Å². The maximum Gasteiger partial charge on any atom is 0.299 e. The van der Waals surface area contributed by atoms with Crippen molar-refractivity contribution in [2.24, 2.45) is 0 Å². The Hall–Kier alpha value is -2.44. The fourth-order valence-electron chi connectivity index (χ4n) is 2.51. The van der Waals surface area contributed by atoms with Gasteiger partial charge in [0, 0.05) is 18.2 Å². The van der Waals surface area contributed by atoms with Crippen molar-refractivity contribution in [3.8, 4) is 0 Å². The second kappa shape index (κ2) is 4.04.